The van der Waals surface area contributed by atoms with Gasteiger partial charge >= 0.3 is 0 Å². The van der Waals surface area contributed by atoms with Crippen LogP contribution in [0.2, 0.25) is 0 Å². The number of primary amides is 1. The summed E-state index contributed by atoms with van der Waals surface area (Å²) in [4.78, 5) is 13.3. The summed E-state index contributed by atoms with van der Waals surface area (Å²) in [7, 11) is 1.61. The topological polar surface area (TPSA) is 81.6 Å². The van der Waals surface area contributed by atoms with Gasteiger partial charge in [-0.15, -0.1) is 0 Å². The van der Waals surface area contributed by atoms with Crippen molar-refractivity contribution >= 4 is 17.3 Å². The van der Waals surface area contributed by atoms with Gasteiger partial charge in [0.15, 0.2) is 0 Å². The molecule has 0 heterocycles. The lowest BCUT2D eigenvalue weighted by Crippen LogP contribution is -2.38. The predicted molar refractivity (Wildman–Crippen MR) is 80.7 cm³/mol. The van der Waals surface area contributed by atoms with Crippen molar-refractivity contribution in [2.24, 2.45) is 11.7 Å². The van der Waals surface area contributed by atoms with Crippen LogP contribution in [-0.4, -0.2) is 32.2 Å². The van der Waals surface area contributed by atoms with Crippen molar-refractivity contribution in [1.82, 2.24) is 0 Å². The number of rotatable bonds is 7. The summed E-state index contributed by atoms with van der Waals surface area (Å²) < 4.78 is 19.4. The Bertz CT molecular complexity index is 532. The first kappa shape index (κ1) is 15.6. The van der Waals surface area contributed by atoms with Crippen molar-refractivity contribution < 1.29 is 13.9 Å². The average molecular weight is 295 g/mol. The second kappa shape index (κ2) is 6.30. The Morgan fingerprint density at radius 3 is 2.71 bits per heavy atom. The van der Waals surface area contributed by atoms with Crippen LogP contribution in [0.4, 0.5) is 15.8 Å². The number of hydrogen-bond donors (Lipinski definition) is 2. The maximum absolute atomic E-state index is 14.3. The summed E-state index contributed by atoms with van der Waals surface area (Å²) in [5, 5.41) is 0. The molecule has 1 amide bonds. The molecule has 5 nitrogen and oxygen atoms in total. The van der Waals surface area contributed by atoms with E-state index in [-0.39, 0.29) is 17.3 Å². The van der Waals surface area contributed by atoms with E-state index in [0.29, 0.717) is 24.8 Å². The highest BCUT2D eigenvalue weighted by atomic mass is 19.1. The van der Waals surface area contributed by atoms with Crippen LogP contribution >= 0.6 is 0 Å². The Morgan fingerprint density at radius 1 is 1.52 bits per heavy atom. The molecule has 1 atom stereocenters. The first-order valence-electron chi connectivity index (χ1n) is 7.10. The van der Waals surface area contributed by atoms with Gasteiger partial charge in [0.05, 0.1) is 17.9 Å². The van der Waals surface area contributed by atoms with Crippen LogP contribution < -0.4 is 16.4 Å². The summed E-state index contributed by atoms with van der Waals surface area (Å²) in [5.41, 5.74) is 11.5. The summed E-state index contributed by atoms with van der Waals surface area (Å²) in [6, 6.07) is 2.79. The van der Waals surface area contributed by atoms with Gasteiger partial charge in [0.25, 0.3) is 5.91 Å². The average Bonchev–Trinajstić information content (AvgIpc) is 3.24. The third-order valence-electron chi connectivity index (χ3n) is 4.03. The van der Waals surface area contributed by atoms with Gasteiger partial charge in [-0.1, -0.05) is 0 Å². The van der Waals surface area contributed by atoms with E-state index in [0.717, 1.165) is 18.9 Å². The highest BCUT2D eigenvalue weighted by Crippen LogP contribution is 2.38. The maximum atomic E-state index is 14.3. The fourth-order valence-corrected chi connectivity index (χ4v) is 2.58. The number of nitrogens with two attached hydrogens (primary N) is 2. The Morgan fingerprint density at radius 2 is 2.19 bits per heavy atom. The Hall–Kier alpha value is -1.82. The van der Waals surface area contributed by atoms with Crippen LogP contribution in [0.25, 0.3) is 0 Å². The molecule has 1 saturated carbocycles. The zero-order valence-corrected chi connectivity index (χ0v) is 12.4. The second-order valence-electron chi connectivity index (χ2n) is 5.52. The monoisotopic (exact) mass is 295 g/mol. The van der Waals surface area contributed by atoms with E-state index in [4.69, 9.17) is 16.2 Å². The molecule has 0 bridgehead atoms. The molecular weight excluding hydrogens is 273 g/mol. The molecule has 1 aromatic carbocycles. The fraction of sp³-hybridized carbons (Fsp3) is 0.533. The van der Waals surface area contributed by atoms with Crippen molar-refractivity contribution in [3.05, 3.63) is 23.5 Å². The van der Waals surface area contributed by atoms with E-state index in [2.05, 4.69) is 6.92 Å². The highest BCUT2D eigenvalue weighted by Gasteiger charge is 2.33. The lowest BCUT2D eigenvalue weighted by molar-refractivity contribution is 0.100. The lowest BCUT2D eigenvalue weighted by atomic mass is 10.1. The standard InChI is InChI=1S/C15H22FN3O2/c1-9(10-3-4-10)19(5-6-21-2)14-7-11(15(18)20)13(17)8-12(14)16/h7-10H,3-6,17H2,1-2H3,(H2,18,20). The predicted octanol–water partition coefficient (Wildman–Crippen LogP) is 1.76. The van der Waals surface area contributed by atoms with E-state index >= 15 is 0 Å². The molecule has 0 aliphatic heterocycles. The number of hydrogen-bond acceptors (Lipinski definition) is 4. The molecule has 0 spiro atoms. The molecule has 4 N–H and O–H groups in total. The number of nitrogen functional groups attached to an aromatic ring is 1. The Labute approximate surface area is 124 Å². The number of ether oxygens (including phenoxy) is 1. The quantitative estimate of drug-likeness (QED) is 0.751. The summed E-state index contributed by atoms with van der Waals surface area (Å²) in [5.74, 6) is -0.545. The number of carbonyl (C=O) groups is 1. The van der Waals surface area contributed by atoms with E-state index in [9.17, 15) is 9.18 Å². The van der Waals surface area contributed by atoms with E-state index < -0.39 is 11.7 Å². The van der Waals surface area contributed by atoms with Crippen LogP contribution in [0.5, 0.6) is 0 Å². The molecule has 0 aromatic heterocycles. The number of benzene rings is 1. The number of methoxy groups -OCH3 is 1. The van der Waals surface area contributed by atoms with Crippen LogP contribution in [0.1, 0.15) is 30.1 Å². The second-order valence-corrected chi connectivity index (χ2v) is 5.52. The lowest BCUT2D eigenvalue weighted by Gasteiger charge is -2.32. The van der Waals surface area contributed by atoms with Crippen LogP contribution in [-0.2, 0) is 4.74 Å². The van der Waals surface area contributed by atoms with E-state index in [1.165, 1.54) is 6.07 Å². The van der Waals surface area contributed by atoms with Gasteiger partial charge in [-0.05, 0) is 37.8 Å². The minimum atomic E-state index is -0.653. The molecule has 1 aliphatic carbocycles. The zero-order chi connectivity index (χ0) is 15.6. The molecule has 1 aromatic rings. The summed E-state index contributed by atoms with van der Waals surface area (Å²) >= 11 is 0. The molecular formula is C15H22FN3O2. The van der Waals surface area contributed by atoms with Crippen molar-refractivity contribution in [2.75, 3.05) is 30.9 Å². The molecule has 1 aliphatic rings. The fourth-order valence-electron chi connectivity index (χ4n) is 2.58. The van der Waals surface area contributed by atoms with Crippen LogP contribution in [0.15, 0.2) is 12.1 Å². The van der Waals surface area contributed by atoms with Crippen LogP contribution in [0, 0.1) is 11.7 Å². The number of anilines is 2. The maximum Gasteiger partial charge on any atom is 0.250 e. The molecule has 1 unspecified atom stereocenters. The number of amides is 1. The van der Waals surface area contributed by atoms with Crippen molar-refractivity contribution in [1.29, 1.82) is 0 Å². The third-order valence-corrected chi connectivity index (χ3v) is 4.03. The smallest absolute Gasteiger partial charge is 0.250 e. The number of nitrogens with zero attached hydrogens (tertiary/aromatic N) is 1. The van der Waals surface area contributed by atoms with Crippen molar-refractivity contribution in [3.63, 3.8) is 0 Å². The third kappa shape index (κ3) is 3.44. The first-order valence-corrected chi connectivity index (χ1v) is 7.10. The molecule has 1 fully saturated rings. The zero-order valence-electron chi connectivity index (χ0n) is 12.4. The van der Waals surface area contributed by atoms with Crippen LogP contribution in [0.3, 0.4) is 0 Å². The largest absolute Gasteiger partial charge is 0.398 e. The van der Waals surface area contributed by atoms with Gasteiger partial charge in [0, 0.05) is 25.4 Å². The minimum absolute atomic E-state index is 0.0644. The molecule has 6 heteroatoms. The van der Waals surface area contributed by atoms with Gasteiger partial charge in [0.1, 0.15) is 5.82 Å². The van der Waals surface area contributed by atoms with Gasteiger partial charge in [-0.2, -0.15) is 0 Å². The molecule has 0 radical (unpaired) electrons. The number of halogens is 1. The highest BCUT2D eigenvalue weighted by molar-refractivity contribution is 5.99. The summed E-state index contributed by atoms with van der Waals surface area (Å²) in [6.07, 6.45) is 2.29. The SMILES string of the molecule is COCCN(c1cc(C(N)=O)c(N)cc1F)C(C)C1CC1. The van der Waals surface area contributed by atoms with E-state index in [1.807, 2.05) is 4.90 Å². The molecule has 116 valence electrons. The van der Waals surface area contributed by atoms with Crippen molar-refractivity contribution in [2.45, 2.75) is 25.8 Å². The normalized spacial score (nSPS) is 15.8. The van der Waals surface area contributed by atoms with Gasteiger partial charge in [-0.25, -0.2) is 4.39 Å². The number of carbonyl (C=O) groups excluding carboxylic acids is 1. The van der Waals surface area contributed by atoms with Gasteiger partial charge in [0.2, 0.25) is 0 Å². The minimum Gasteiger partial charge on any atom is -0.398 e. The molecule has 0 saturated heterocycles. The Kier molecular flexibility index (Phi) is 4.67. The van der Waals surface area contributed by atoms with Gasteiger partial charge in [-0.3, -0.25) is 4.79 Å². The van der Waals surface area contributed by atoms with E-state index in [1.54, 1.807) is 7.11 Å². The molecule has 21 heavy (non-hydrogen) atoms. The summed E-state index contributed by atoms with van der Waals surface area (Å²) in [6.45, 7) is 3.09. The van der Waals surface area contributed by atoms with Crippen molar-refractivity contribution in [3.8, 4) is 0 Å². The Balaban J connectivity index is 2.37. The molecule has 2 rings (SSSR count). The first-order chi connectivity index (χ1) is 9.95. The van der Waals surface area contributed by atoms with Gasteiger partial charge < -0.3 is 21.1 Å².